The molecule has 12 heavy (non-hydrogen) atoms. The third kappa shape index (κ3) is 2.05. The fourth-order valence-corrected chi connectivity index (χ4v) is 2.71. The van der Waals surface area contributed by atoms with E-state index in [0.717, 1.165) is 5.25 Å². The summed E-state index contributed by atoms with van der Waals surface area (Å²) in [5, 5.41) is 0.895. The molecule has 2 heteroatoms. The van der Waals surface area contributed by atoms with Crippen LogP contribution in [0.3, 0.4) is 0 Å². The molecule has 0 aliphatic heterocycles. The van der Waals surface area contributed by atoms with Gasteiger partial charge in [0.15, 0.2) is 0 Å². The Hall–Kier alpha value is 0.0500. The second kappa shape index (κ2) is 3.84. The Kier molecular flexibility index (Phi) is 2.76. The summed E-state index contributed by atoms with van der Waals surface area (Å²) in [6.07, 6.45) is 4.23. The Morgan fingerprint density at radius 1 is 1.17 bits per heavy atom. The molecule has 1 fully saturated rings. The predicted molar refractivity (Wildman–Crippen MR) is 57.6 cm³/mol. The lowest BCUT2D eigenvalue weighted by molar-refractivity contribution is 0.522. The third-order valence-electron chi connectivity index (χ3n) is 2.17. The molecule has 1 aromatic rings. The van der Waals surface area contributed by atoms with Crippen molar-refractivity contribution in [1.29, 1.82) is 0 Å². The van der Waals surface area contributed by atoms with Gasteiger partial charge in [0.2, 0.25) is 0 Å². The first kappa shape index (κ1) is 8.64. The molecule has 1 aromatic carbocycles. The van der Waals surface area contributed by atoms with E-state index in [1.54, 1.807) is 0 Å². The van der Waals surface area contributed by atoms with Crippen molar-refractivity contribution in [2.24, 2.45) is 0 Å². The summed E-state index contributed by atoms with van der Waals surface area (Å²) in [5.41, 5.74) is 0. The molecular formula is C10H11BrS. The molecule has 1 aliphatic carbocycles. The molecule has 0 N–H and O–H groups in total. The minimum absolute atomic E-state index is 0.895. The standard InChI is InChI=1S/C10H11BrS/c11-8-4-6-10(7-5-8)12-9-2-1-3-9/h4-7,9H,1-3H2. The minimum Gasteiger partial charge on any atom is -0.123 e. The zero-order valence-electron chi connectivity index (χ0n) is 6.79. The van der Waals surface area contributed by atoms with Crippen molar-refractivity contribution in [3.8, 4) is 0 Å². The van der Waals surface area contributed by atoms with Crippen LogP contribution in [-0.2, 0) is 0 Å². The van der Waals surface area contributed by atoms with Crippen molar-refractivity contribution in [3.05, 3.63) is 28.7 Å². The summed E-state index contributed by atoms with van der Waals surface area (Å²) in [5.74, 6) is 0. The molecule has 2 rings (SSSR count). The average Bonchev–Trinajstić information content (AvgIpc) is 2.00. The molecule has 0 nitrogen and oxygen atoms in total. The molecule has 0 unspecified atom stereocenters. The largest absolute Gasteiger partial charge is 0.123 e. The van der Waals surface area contributed by atoms with Gasteiger partial charge in [-0.3, -0.25) is 0 Å². The Labute approximate surface area is 85.9 Å². The van der Waals surface area contributed by atoms with Crippen LogP contribution >= 0.6 is 27.7 Å². The van der Waals surface area contributed by atoms with Crippen LogP contribution in [0.15, 0.2) is 33.6 Å². The maximum absolute atomic E-state index is 3.43. The van der Waals surface area contributed by atoms with Crippen LogP contribution in [0.1, 0.15) is 19.3 Å². The lowest BCUT2D eigenvalue weighted by atomic mass is 10.0. The van der Waals surface area contributed by atoms with Crippen molar-refractivity contribution in [3.63, 3.8) is 0 Å². The Morgan fingerprint density at radius 2 is 1.83 bits per heavy atom. The van der Waals surface area contributed by atoms with Crippen LogP contribution in [0.25, 0.3) is 0 Å². The lowest BCUT2D eigenvalue weighted by Gasteiger charge is -2.24. The highest BCUT2D eigenvalue weighted by atomic mass is 79.9. The lowest BCUT2D eigenvalue weighted by Crippen LogP contribution is -2.12. The van der Waals surface area contributed by atoms with E-state index in [2.05, 4.69) is 40.2 Å². The van der Waals surface area contributed by atoms with Crippen LogP contribution in [0, 0.1) is 0 Å². The molecule has 0 radical (unpaired) electrons. The molecule has 64 valence electrons. The first-order valence-corrected chi connectivity index (χ1v) is 5.94. The monoisotopic (exact) mass is 242 g/mol. The maximum Gasteiger partial charge on any atom is 0.0176 e. The first-order valence-electron chi connectivity index (χ1n) is 4.27. The fraction of sp³-hybridized carbons (Fsp3) is 0.400. The molecule has 0 saturated heterocycles. The van der Waals surface area contributed by atoms with E-state index in [4.69, 9.17) is 0 Å². The molecule has 0 atom stereocenters. The van der Waals surface area contributed by atoms with Crippen molar-refractivity contribution in [1.82, 2.24) is 0 Å². The van der Waals surface area contributed by atoms with E-state index in [1.165, 1.54) is 28.6 Å². The molecule has 0 amide bonds. The van der Waals surface area contributed by atoms with E-state index in [0.29, 0.717) is 0 Å². The number of hydrogen-bond acceptors (Lipinski definition) is 1. The molecule has 1 aliphatic rings. The van der Waals surface area contributed by atoms with Crippen molar-refractivity contribution in [2.75, 3.05) is 0 Å². The Balaban J connectivity index is 1.98. The SMILES string of the molecule is Brc1ccc(SC2CCC2)cc1. The molecule has 0 bridgehead atoms. The van der Waals surface area contributed by atoms with Gasteiger partial charge in [0, 0.05) is 14.6 Å². The summed E-state index contributed by atoms with van der Waals surface area (Å²) in [4.78, 5) is 1.41. The summed E-state index contributed by atoms with van der Waals surface area (Å²) in [7, 11) is 0. The van der Waals surface area contributed by atoms with Gasteiger partial charge < -0.3 is 0 Å². The fourth-order valence-electron chi connectivity index (χ4n) is 1.19. The van der Waals surface area contributed by atoms with Crippen LogP contribution in [0.4, 0.5) is 0 Å². The maximum atomic E-state index is 3.43. The smallest absolute Gasteiger partial charge is 0.0176 e. The number of thioether (sulfide) groups is 1. The van der Waals surface area contributed by atoms with Crippen LogP contribution in [0.2, 0.25) is 0 Å². The van der Waals surface area contributed by atoms with Crippen LogP contribution in [0.5, 0.6) is 0 Å². The van der Waals surface area contributed by atoms with Crippen molar-refractivity contribution in [2.45, 2.75) is 29.4 Å². The summed E-state index contributed by atoms with van der Waals surface area (Å²) in [6.45, 7) is 0. The van der Waals surface area contributed by atoms with E-state index >= 15 is 0 Å². The average molecular weight is 243 g/mol. The van der Waals surface area contributed by atoms with Gasteiger partial charge in [-0.2, -0.15) is 0 Å². The topological polar surface area (TPSA) is 0 Å². The number of rotatable bonds is 2. The summed E-state index contributed by atoms with van der Waals surface area (Å²) >= 11 is 5.45. The minimum atomic E-state index is 0.895. The number of benzene rings is 1. The molecule has 0 aromatic heterocycles. The van der Waals surface area contributed by atoms with Gasteiger partial charge in [0.05, 0.1) is 0 Å². The highest BCUT2D eigenvalue weighted by Crippen LogP contribution is 2.36. The van der Waals surface area contributed by atoms with E-state index in [-0.39, 0.29) is 0 Å². The molecule has 0 heterocycles. The highest BCUT2D eigenvalue weighted by Gasteiger charge is 2.17. The third-order valence-corrected chi connectivity index (χ3v) is 4.05. The highest BCUT2D eigenvalue weighted by molar-refractivity contribution is 9.10. The number of halogens is 1. The Morgan fingerprint density at radius 3 is 2.33 bits per heavy atom. The van der Waals surface area contributed by atoms with Gasteiger partial charge in [0.25, 0.3) is 0 Å². The summed E-state index contributed by atoms with van der Waals surface area (Å²) in [6, 6.07) is 8.60. The van der Waals surface area contributed by atoms with E-state index in [1.807, 2.05) is 11.8 Å². The van der Waals surface area contributed by atoms with Crippen LogP contribution < -0.4 is 0 Å². The van der Waals surface area contributed by atoms with E-state index in [9.17, 15) is 0 Å². The zero-order chi connectivity index (χ0) is 8.39. The Bertz CT molecular complexity index is 251. The predicted octanol–water partition coefficient (Wildman–Crippen LogP) is 4.09. The van der Waals surface area contributed by atoms with Crippen molar-refractivity contribution >= 4 is 27.7 Å². The molecule has 0 spiro atoms. The number of hydrogen-bond donors (Lipinski definition) is 0. The van der Waals surface area contributed by atoms with Crippen molar-refractivity contribution < 1.29 is 0 Å². The second-order valence-corrected chi connectivity index (χ2v) is 5.41. The normalized spacial score (nSPS) is 17.4. The molecule has 1 saturated carbocycles. The van der Waals surface area contributed by atoms with Gasteiger partial charge >= 0.3 is 0 Å². The summed E-state index contributed by atoms with van der Waals surface area (Å²) < 4.78 is 1.17. The van der Waals surface area contributed by atoms with E-state index < -0.39 is 0 Å². The van der Waals surface area contributed by atoms with Gasteiger partial charge in [-0.25, -0.2) is 0 Å². The van der Waals surface area contributed by atoms with Crippen LogP contribution in [-0.4, -0.2) is 5.25 Å². The molecular weight excluding hydrogens is 232 g/mol. The first-order chi connectivity index (χ1) is 5.84. The van der Waals surface area contributed by atoms with Gasteiger partial charge in [-0.15, -0.1) is 11.8 Å². The second-order valence-electron chi connectivity index (χ2n) is 3.12. The van der Waals surface area contributed by atoms with Gasteiger partial charge in [0.1, 0.15) is 0 Å². The zero-order valence-corrected chi connectivity index (χ0v) is 9.20. The quantitative estimate of drug-likeness (QED) is 0.753. The van der Waals surface area contributed by atoms with Gasteiger partial charge in [-0.1, -0.05) is 22.4 Å². The van der Waals surface area contributed by atoms with Gasteiger partial charge in [-0.05, 0) is 37.1 Å².